The quantitative estimate of drug-likeness (QED) is 0.643. The third-order valence-electron chi connectivity index (χ3n) is 3.03. The van der Waals surface area contributed by atoms with E-state index in [1.54, 1.807) is 24.3 Å². The second kappa shape index (κ2) is 5.34. The van der Waals surface area contributed by atoms with Crippen LogP contribution in [-0.4, -0.2) is 18.4 Å². The van der Waals surface area contributed by atoms with Crippen LogP contribution in [0.3, 0.4) is 0 Å². The van der Waals surface area contributed by atoms with Gasteiger partial charge in [-0.25, -0.2) is 13.4 Å². The number of rotatable bonds is 4. The number of benzene rings is 1. The number of aromatic amines is 1. The maximum absolute atomic E-state index is 10.8. The number of hydrogen-bond donors (Lipinski definition) is 3. The summed E-state index contributed by atoms with van der Waals surface area (Å²) in [6, 6.07) is 12.7. The molecule has 1 aromatic carbocycles. The van der Waals surface area contributed by atoms with E-state index in [4.69, 9.17) is 0 Å². The van der Waals surface area contributed by atoms with Crippen molar-refractivity contribution in [3.63, 3.8) is 0 Å². The number of pyridine rings is 1. The molecule has 3 rings (SSSR count). The van der Waals surface area contributed by atoms with Crippen molar-refractivity contribution in [1.82, 2.24) is 9.97 Å². The number of anilines is 1. The Kier molecular flexibility index (Phi) is 3.39. The molecule has 0 unspecified atom stereocenters. The van der Waals surface area contributed by atoms with Gasteiger partial charge in [-0.3, -0.25) is 0 Å². The minimum atomic E-state index is -2.51. The summed E-state index contributed by atoms with van der Waals surface area (Å²) in [5.41, 5.74) is 1.84. The molecule has 0 fully saturated rings. The highest BCUT2D eigenvalue weighted by atomic mass is 32.2. The fourth-order valence-corrected chi connectivity index (χ4v) is 2.35. The Labute approximate surface area is 117 Å². The van der Waals surface area contributed by atoms with Gasteiger partial charge in [0.15, 0.2) is 10.7 Å². The van der Waals surface area contributed by atoms with Gasteiger partial charge in [0.1, 0.15) is 11.5 Å². The molecule has 2 aromatic heterocycles. The van der Waals surface area contributed by atoms with Gasteiger partial charge >= 0.3 is 0 Å². The number of aromatic nitrogens is 2. The van der Waals surface area contributed by atoms with Crippen LogP contribution in [0.5, 0.6) is 0 Å². The fourth-order valence-electron chi connectivity index (χ4n) is 1.96. The molecule has 0 saturated heterocycles. The van der Waals surface area contributed by atoms with Crippen molar-refractivity contribution in [2.75, 3.05) is 5.32 Å². The molecular formula is C14H13N3O2S. The molecule has 5 nitrogen and oxygen atoms in total. The molecule has 0 saturated carbocycles. The van der Waals surface area contributed by atoms with Gasteiger partial charge in [-0.15, -0.1) is 0 Å². The molecule has 20 heavy (non-hydrogen) atoms. The third-order valence-corrected chi connectivity index (χ3v) is 3.75. The van der Waals surface area contributed by atoms with E-state index >= 15 is 0 Å². The summed E-state index contributed by atoms with van der Waals surface area (Å²) < 4.78 is 21.6. The SMILES string of the molecule is O=[SH](=O)c1ccc(CNc2ccc3cc[nH]c3n2)cc1. The number of hydrogen-bond acceptors (Lipinski definition) is 4. The van der Waals surface area contributed by atoms with E-state index in [0.717, 1.165) is 22.4 Å². The van der Waals surface area contributed by atoms with Gasteiger partial charge in [-0.2, -0.15) is 0 Å². The minimum absolute atomic E-state index is 0.328. The van der Waals surface area contributed by atoms with E-state index in [1.165, 1.54) is 0 Å². The molecule has 0 aliphatic carbocycles. The Balaban J connectivity index is 1.72. The minimum Gasteiger partial charge on any atom is -0.366 e. The van der Waals surface area contributed by atoms with Crippen LogP contribution in [0.4, 0.5) is 5.82 Å². The molecule has 0 amide bonds. The second-order valence-corrected chi connectivity index (χ2v) is 5.42. The van der Waals surface area contributed by atoms with Gasteiger partial charge < -0.3 is 10.3 Å². The van der Waals surface area contributed by atoms with E-state index in [2.05, 4.69) is 15.3 Å². The predicted octanol–water partition coefficient (Wildman–Crippen LogP) is 2.15. The normalized spacial score (nSPS) is 11.1. The van der Waals surface area contributed by atoms with Crippen LogP contribution >= 0.6 is 0 Å². The molecular weight excluding hydrogens is 274 g/mol. The van der Waals surface area contributed by atoms with Gasteiger partial charge in [0, 0.05) is 18.1 Å². The van der Waals surface area contributed by atoms with Gasteiger partial charge in [0.2, 0.25) is 0 Å². The lowest BCUT2D eigenvalue weighted by molar-refractivity contribution is 0.614. The summed E-state index contributed by atoms with van der Waals surface area (Å²) in [5.74, 6) is 0.777. The molecule has 0 radical (unpaired) electrons. The van der Waals surface area contributed by atoms with Crippen molar-refractivity contribution in [2.45, 2.75) is 11.4 Å². The van der Waals surface area contributed by atoms with Crippen molar-refractivity contribution in [1.29, 1.82) is 0 Å². The van der Waals surface area contributed by atoms with Crippen molar-refractivity contribution in [2.24, 2.45) is 0 Å². The average molecular weight is 287 g/mol. The highest BCUT2D eigenvalue weighted by Gasteiger charge is 2.00. The van der Waals surface area contributed by atoms with Crippen LogP contribution in [-0.2, 0) is 17.2 Å². The summed E-state index contributed by atoms with van der Waals surface area (Å²) in [4.78, 5) is 7.82. The zero-order chi connectivity index (χ0) is 13.9. The lowest BCUT2D eigenvalue weighted by Gasteiger charge is -2.06. The Morgan fingerprint density at radius 3 is 2.60 bits per heavy atom. The van der Waals surface area contributed by atoms with Crippen LogP contribution in [0.1, 0.15) is 5.56 Å². The fraction of sp³-hybridized carbons (Fsp3) is 0.0714. The number of H-pyrrole nitrogens is 1. The molecule has 0 bridgehead atoms. The first-order valence-electron chi connectivity index (χ1n) is 6.14. The number of nitrogens with zero attached hydrogens (tertiary/aromatic N) is 1. The van der Waals surface area contributed by atoms with Crippen LogP contribution in [0, 0.1) is 0 Å². The molecule has 0 atom stereocenters. The molecule has 102 valence electrons. The van der Waals surface area contributed by atoms with Crippen LogP contribution in [0.2, 0.25) is 0 Å². The molecule has 0 aliphatic heterocycles. The van der Waals surface area contributed by atoms with E-state index in [9.17, 15) is 8.42 Å². The van der Waals surface area contributed by atoms with Crippen molar-refractivity contribution in [3.05, 3.63) is 54.2 Å². The van der Waals surface area contributed by atoms with Crippen LogP contribution in [0.15, 0.2) is 53.6 Å². The molecule has 0 aliphatic rings. The number of nitrogens with one attached hydrogen (secondary N) is 2. The van der Waals surface area contributed by atoms with Crippen LogP contribution < -0.4 is 5.32 Å². The first kappa shape index (κ1) is 12.7. The molecule has 2 N–H and O–H groups in total. The lowest BCUT2D eigenvalue weighted by atomic mass is 10.2. The molecule has 6 heteroatoms. The first-order chi connectivity index (χ1) is 9.72. The second-order valence-electron chi connectivity index (χ2n) is 4.39. The van der Waals surface area contributed by atoms with E-state index in [0.29, 0.717) is 11.4 Å². The topological polar surface area (TPSA) is 74.8 Å². The monoisotopic (exact) mass is 287 g/mol. The van der Waals surface area contributed by atoms with Gasteiger partial charge in [-0.05, 0) is 35.9 Å². The largest absolute Gasteiger partial charge is 0.366 e. The zero-order valence-electron chi connectivity index (χ0n) is 10.5. The van der Waals surface area contributed by atoms with Gasteiger partial charge in [0.25, 0.3) is 0 Å². The van der Waals surface area contributed by atoms with Crippen molar-refractivity contribution < 1.29 is 8.42 Å². The van der Waals surface area contributed by atoms with Crippen LogP contribution in [0.25, 0.3) is 11.0 Å². The number of thiol groups is 1. The van der Waals surface area contributed by atoms with E-state index < -0.39 is 10.7 Å². The third kappa shape index (κ3) is 2.65. The maximum Gasteiger partial charge on any atom is 0.168 e. The highest BCUT2D eigenvalue weighted by Crippen LogP contribution is 2.14. The predicted molar refractivity (Wildman–Crippen MR) is 78.4 cm³/mol. The first-order valence-corrected chi connectivity index (χ1v) is 7.31. The average Bonchev–Trinajstić information content (AvgIpc) is 2.93. The Morgan fingerprint density at radius 1 is 1.05 bits per heavy atom. The summed E-state index contributed by atoms with van der Waals surface area (Å²) in [6.07, 6.45) is 1.85. The maximum atomic E-state index is 10.8. The number of fused-ring (bicyclic) bond motifs is 1. The smallest absolute Gasteiger partial charge is 0.168 e. The zero-order valence-corrected chi connectivity index (χ0v) is 11.4. The lowest BCUT2D eigenvalue weighted by Crippen LogP contribution is -2.01. The molecule has 2 heterocycles. The van der Waals surface area contributed by atoms with E-state index in [1.807, 2.05) is 24.4 Å². The standard InChI is InChI=1S/C14H13N3O2S/c18-20(19)12-4-1-10(2-5-12)9-16-13-6-3-11-7-8-15-14(11)17-13/h1-8,20H,9H2,(H2,15,16,17). The molecule has 3 aromatic rings. The van der Waals surface area contributed by atoms with E-state index in [-0.39, 0.29) is 0 Å². The summed E-state index contributed by atoms with van der Waals surface area (Å²) in [5, 5.41) is 4.28. The van der Waals surface area contributed by atoms with Gasteiger partial charge in [0.05, 0.1) is 4.90 Å². The van der Waals surface area contributed by atoms with Crippen molar-refractivity contribution >= 4 is 27.6 Å². The van der Waals surface area contributed by atoms with Crippen molar-refractivity contribution in [3.8, 4) is 0 Å². The Hall–Kier alpha value is -2.34. The molecule has 0 spiro atoms. The highest BCUT2D eigenvalue weighted by molar-refractivity contribution is 7.72. The Morgan fingerprint density at radius 2 is 1.85 bits per heavy atom. The Bertz CT molecular complexity index is 799. The summed E-state index contributed by atoms with van der Waals surface area (Å²) >= 11 is 0. The van der Waals surface area contributed by atoms with Gasteiger partial charge in [-0.1, -0.05) is 12.1 Å². The summed E-state index contributed by atoms with van der Waals surface area (Å²) in [6.45, 7) is 0.592. The summed E-state index contributed by atoms with van der Waals surface area (Å²) in [7, 11) is -2.51.